The summed E-state index contributed by atoms with van der Waals surface area (Å²) in [6.07, 6.45) is 0.181. The lowest BCUT2D eigenvalue weighted by molar-refractivity contribution is -0.115. The molecule has 0 spiro atoms. The molecule has 2 aromatic carbocycles. The van der Waals surface area contributed by atoms with Crippen LogP contribution in [0.1, 0.15) is 5.56 Å². The minimum absolute atomic E-state index is 0.167. The Bertz CT molecular complexity index is 984. The van der Waals surface area contributed by atoms with Crippen LogP contribution >= 0.6 is 22.9 Å². The molecular formula is C18H15ClN2O3S2. The normalized spacial score (nSPS) is 11.1. The third-order valence-corrected chi connectivity index (χ3v) is 6.49. The molecule has 0 aliphatic heterocycles. The number of carbonyl (C=O) groups excluding carboxylic acids is 1. The lowest BCUT2D eigenvalue weighted by Crippen LogP contribution is -2.14. The highest BCUT2D eigenvalue weighted by atomic mass is 35.5. The van der Waals surface area contributed by atoms with E-state index in [4.69, 9.17) is 11.6 Å². The smallest absolute Gasteiger partial charge is 0.271 e. The van der Waals surface area contributed by atoms with Crippen molar-refractivity contribution in [2.75, 3.05) is 10.0 Å². The van der Waals surface area contributed by atoms with Gasteiger partial charge in [0.05, 0.1) is 6.42 Å². The number of carbonyl (C=O) groups is 1. The summed E-state index contributed by atoms with van der Waals surface area (Å²) >= 11 is 6.96. The molecule has 3 rings (SSSR count). The molecule has 2 N–H and O–H groups in total. The fraction of sp³-hybridized carbons (Fsp3) is 0.0556. The van der Waals surface area contributed by atoms with Crippen LogP contribution in [-0.4, -0.2) is 14.3 Å². The van der Waals surface area contributed by atoms with E-state index in [0.29, 0.717) is 16.4 Å². The van der Waals surface area contributed by atoms with Gasteiger partial charge in [-0.05, 0) is 53.4 Å². The molecule has 3 aromatic rings. The molecule has 1 aromatic heterocycles. The van der Waals surface area contributed by atoms with Gasteiger partial charge < -0.3 is 5.32 Å². The molecular weight excluding hydrogens is 392 g/mol. The number of rotatable bonds is 6. The largest absolute Gasteiger partial charge is 0.326 e. The van der Waals surface area contributed by atoms with Gasteiger partial charge in [0.2, 0.25) is 5.91 Å². The maximum atomic E-state index is 12.2. The van der Waals surface area contributed by atoms with Gasteiger partial charge in [0.15, 0.2) is 0 Å². The van der Waals surface area contributed by atoms with Crippen molar-refractivity contribution in [3.8, 4) is 0 Å². The van der Waals surface area contributed by atoms with Crippen LogP contribution in [0, 0.1) is 0 Å². The van der Waals surface area contributed by atoms with Gasteiger partial charge in [0.25, 0.3) is 10.0 Å². The molecule has 0 unspecified atom stereocenters. The molecule has 0 aliphatic rings. The predicted molar refractivity (Wildman–Crippen MR) is 105 cm³/mol. The average molecular weight is 407 g/mol. The van der Waals surface area contributed by atoms with Gasteiger partial charge in [0.1, 0.15) is 4.21 Å². The number of hydrogen-bond donors (Lipinski definition) is 2. The number of nitrogens with one attached hydrogen (secondary N) is 2. The molecule has 0 atom stereocenters. The standard InChI is InChI=1S/C18H15ClN2O3S2/c19-14-5-9-15(10-6-14)20-17(22)12-13-3-7-16(8-4-13)21-26(23,24)18-2-1-11-25-18/h1-11,21H,12H2,(H,20,22). The molecule has 0 radical (unpaired) electrons. The maximum Gasteiger partial charge on any atom is 0.271 e. The Morgan fingerprint density at radius 1 is 0.962 bits per heavy atom. The zero-order valence-electron chi connectivity index (χ0n) is 13.5. The number of amides is 1. The Labute approximate surface area is 160 Å². The summed E-state index contributed by atoms with van der Waals surface area (Å²) in [5.41, 5.74) is 1.88. The van der Waals surface area contributed by atoms with Gasteiger partial charge >= 0.3 is 0 Å². The summed E-state index contributed by atoms with van der Waals surface area (Å²) in [5.74, 6) is -0.167. The number of thiophene rings is 1. The number of halogens is 1. The highest BCUT2D eigenvalue weighted by Crippen LogP contribution is 2.20. The molecule has 0 aliphatic carbocycles. The van der Waals surface area contributed by atoms with Crippen LogP contribution in [0.4, 0.5) is 11.4 Å². The summed E-state index contributed by atoms with van der Waals surface area (Å²) < 4.78 is 27.1. The predicted octanol–water partition coefficient (Wildman–Crippen LogP) is 4.38. The van der Waals surface area contributed by atoms with E-state index in [1.807, 2.05) is 0 Å². The van der Waals surface area contributed by atoms with Crippen molar-refractivity contribution >= 4 is 50.2 Å². The van der Waals surface area contributed by atoms with E-state index in [-0.39, 0.29) is 16.5 Å². The van der Waals surface area contributed by atoms with Crippen molar-refractivity contribution in [3.05, 3.63) is 76.6 Å². The van der Waals surface area contributed by atoms with E-state index in [2.05, 4.69) is 10.0 Å². The Hall–Kier alpha value is -2.35. The number of hydrogen-bond acceptors (Lipinski definition) is 4. The van der Waals surface area contributed by atoms with Crippen LogP contribution in [0.25, 0.3) is 0 Å². The minimum atomic E-state index is -3.57. The van der Waals surface area contributed by atoms with Gasteiger partial charge in [-0.25, -0.2) is 8.42 Å². The average Bonchev–Trinajstić information content (AvgIpc) is 3.14. The maximum absolute atomic E-state index is 12.2. The molecule has 0 saturated carbocycles. The Kier molecular flexibility index (Phi) is 5.61. The molecule has 0 fully saturated rings. The second-order valence-corrected chi connectivity index (χ2v) is 8.76. The fourth-order valence-electron chi connectivity index (χ4n) is 2.24. The van der Waals surface area contributed by atoms with E-state index < -0.39 is 10.0 Å². The fourth-order valence-corrected chi connectivity index (χ4v) is 4.41. The first kappa shape index (κ1) is 18.4. The van der Waals surface area contributed by atoms with Crippen LogP contribution in [0.2, 0.25) is 5.02 Å². The summed E-state index contributed by atoms with van der Waals surface area (Å²) in [4.78, 5) is 12.1. The Morgan fingerprint density at radius 2 is 1.62 bits per heavy atom. The first-order chi connectivity index (χ1) is 12.4. The number of benzene rings is 2. The lowest BCUT2D eigenvalue weighted by atomic mass is 10.1. The van der Waals surface area contributed by atoms with Gasteiger partial charge in [-0.2, -0.15) is 0 Å². The summed E-state index contributed by atoms with van der Waals surface area (Å²) in [6.45, 7) is 0. The molecule has 134 valence electrons. The highest BCUT2D eigenvalue weighted by molar-refractivity contribution is 7.94. The Balaban J connectivity index is 1.60. The minimum Gasteiger partial charge on any atom is -0.326 e. The van der Waals surface area contributed by atoms with E-state index in [1.165, 1.54) is 0 Å². The van der Waals surface area contributed by atoms with Gasteiger partial charge in [-0.1, -0.05) is 29.8 Å². The van der Waals surface area contributed by atoms with Crippen LogP contribution in [0.15, 0.2) is 70.3 Å². The van der Waals surface area contributed by atoms with Gasteiger partial charge in [0, 0.05) is 16.4 Å². The SMILES string of the molecule is O=C(Cc1ccc(NS(=O)(=O)c2cccs2)cc1)Nc1ccc(Cl)cc1. The van der Waals surface area contributed by atoms with Crippen LogP contribution in [0.5, 0.6) is 0 Å². The first-order valence-electron chi connectivity index (χ1n) is 7.63. The lowest BCUT2D eigenvalue weighted by Gasteiger charge is -2.08. The summed E-state index contributed by atoms with van der Waals surface area (Å²) in [7, 11) is -3.57. The molecule has 26 heavy (non-hydrogen) atoms. The molecule has 1 heterocycles. The monoisotopic (exact) mass is 406 g/mol. The quantitative estimate of drug-likeness (QED) is 0.637. The topological polar surface area (TPSA) is 75.3 Å². The van der Waals surface area contributed by atoms with Crippen molar-refractivity contribution < 1.29 is 13.2 Å². The first-order valence-corrected chi connectivity index (χ1v) is 10.4. The molecule has 8 heteroatoms. The van der Waals surface area contributed by atoms with Crippen LogP contribution < -0.4 is 10.0 Å². The van der Waals surface area contributed by atoms with E-state index in [1.54, 1.807) is 66.0 Å². The van der Waals surface area contributed by atoms with Crippen molar-refractivity contribution in [2.45, 2.75) is 10.6 Å². The van der Waals surface area contributed by atoms with Crippen LogP contribution in [-0.2, 0) is 21.2 Å². The zero-order valence-corrected chi connectivity index (χ0v) is 15.9. The van der Waals surface area contributed by atoms with Crippen molar-refractivity contribution in [2.24, 2.45) is 0 Å². The van der Waals surface area contributed by atoms with Crippen molar-refractivity contribution in [1.82, 2.24) is 0 Å². The second kappa shape index (κ2) is 7.90. The molecule has 5 nitrogen and oxygen atoms in total. The van der Waals surface area contributed by atoms with Crippen molar-refractivity contribution in [3.63, 3.8) is 0 Å². The third kappa shape index (κ3) is 4.85. The molecule has 0 bridgehead atoms. The van der Waals surface area contributed by atoms with Crippen LogP contribution in [0.3, 0.4) is 0 Å². The summed E-state index contributed by atoms with van der Waals surface area (Å²) in [5, 5.41) is 5.09. The molecule has 1 amide bonds. The third-order valence-electron chi connectivity index (χ3n) is 3.46. The van der Waals surface area contributed by atoms with E-state index in [9.17, 15) is 13.2 Å². The van der Waals surface area contributed by atoms with E-state index in [0.717, 1.165) is 16.9 Å². The number of anilines is 2. The second-order valence-electron chi connectivity index (χ2n) is 5.47. The van der Waals surface area contributed by atoms with Crippen molar-refractivity contribution in [1.29, 1.82) is 0 Å². The van der Waals surface area contributed by atoms with Gasteiger partial charge in [-0.3, -0.25) is 9.52 Å². The Morgan fingerprint density at radius 3 is 2.23 bits per heavy atom. The number of sulfonamides is 1. The highest BCUT2D eigenvalue weighted by Gasteiger charge is 2.15. The zero-order chi connectivity index (χ0) is 18.6. The molecule has 0 saturated heterocycles. The van der Waals surface area contributed by atoms with Gasteiger partial charge in [-0.15, -0.1) is 11.3 Å². The van der Waals surface area contributed by atoms with E-state index >= 15 is 0 Å². The summed E-state index contributed by atoms with van der Waals surface area (Å²) in [6, 6.07) is 16.8.